The molecular weight excluding hydrogens is 140 g/mol. The molecule has 0 spiro atoms. The van der Waals surface area contributed by atoms with Gasteiger partial charge < -0.3 is 5.11 Å². The lowest BCUT2D eigenvalue weighted by molar-refractivity contribution is -0.115. The average molecular weight is 156 g/mol. The molecule has 2 nitrogen and oxygen atoms in total. The Labute approximate surface area is 69.7 Å². The molecule has 0 bridgehead atoms. The molecule has 0 saturated carbocycles. The highest BCUT2D eigenvalue weighted by atomic mass is 16.3. The van der Waals surface area contributed by atoms with Gasteiger partial charge in [0.25, 0.3) is 0 Å². The summed E-state index contributed by atoms with van der Waals surface area (Å²) in [5.41, 5.74) is -0.968. The first-order valence-electron chi connectivity index (χ1n) is 4.68. The molecule has 1 aliphatic carbocycles. The molecule has 62 valence electrons. The smallest absolute Gasteiger partial charge is 0.155 e. The quantitative estimate of drug-likeness (QED) is 0.621. The summed E-state index contributed by atoms with van der Waals surface area (Å²) in [4.78, 5) is 11.0. The second kappa shape index (κ2) is 2.78. The van der Waals surface area contributed by atoms with Gasteiger partial charge in [-0.15, -0.1) is 0 Å². The number of hydrogen-bond acceptors (Lipinski definition) is 2. The van der Waals surface area contributed by atoms with Crippen LogP contribution < -0.4 is 0 Å². The van der Waals surface area contributed by atoms with E-state index in [-0.39, 0.29) is 12.3 Å². The molecule has 0 aromatic rings. The van der Waals surface area contributed by atoms with Crippen molar-refractivity contribution in [3.63, 3.8) is 0 Å². The first-order valence-corrected chi connectivity index (χ1v) is 3.68. The van der Waals surface area contributed by atoms with Gasteiger partial charge in [-0.2, -0.15) is 0 Å². The molecule has 0 aromatic heterocycles. The molecule has 0 aromatic carbocycles. The van der Waals surface area contributed by atoms with Crippen LogP contribution in [0.1, 0.15) is 29.4 Å². The first-order chi connectivity index (χ1) is 5.73. The molecule has 0 heterocycles. The van der Waals surface area contributed by atoms with Crippen molar-refractivity contribution in [2.24, 2.45) is 5.92 Å². The summed E-state index contributed by atoms with van der Waals surface area (Å²) in [5.74, 6) is -0.798. The molecule has 1 aliphatic rings. The average Bonchev–Trinajstić information content (AvgIpc) is 1.92. The van der Waals surface area contributed by atoms with Crippen LogP contribution in [0.25, 0.3) is 0 Å². The minimum atomic E-state index is -1.82. The Morgan fingerprint density at radius 2 is 2.45 bits per heavy atom. The molecule has 0 amide bonds. The molecule has 2 heteroatoms. The Kier molecular flexibility index (Phi) is 1.50. The zero-order chi connectivity index (χ0) is 10.3. The Morgan fingerprint density at radius 1 is 1.82 bits per heavy atom. The van der Waals surface area contributed by atoms with Crippen LogP contribution in [0.3, 0.4) is 0 Å². The van der Waals surface area contributed by atoms with Crippen molar-refractivity contribution in [1.82, 2.24) is 0 Å². The van der Waals surface area contributed by atoms with Gasteiger partial charge in [-0.1, -0.05) is 6.08 Å². The van der Waals surface area contributed by atoms with Gasteiger partial charge in [-0.3, -0.25) is 4.79 Å². The summed E-state index contributed by atoms with van der Waals surface area (Å²) in [7, 11) is 0. The van der Waals surface area contributed by atoms with E-state index in [1.54, 1.807) is 19.9 Å². The maximum Gasteiger partial charge on any atom is 0.155 e. The van der Waals surface area contributed by atoms with Crippen LogP contribution in [0.5, 0.6) is 0 Å². The van der Waals surface area contributed by atoms with Crippen molar-refractivity contribution < 1.29 is 12.6 Å². The van der Waals surface area contributed by atoms with Crippen LogP contribution in [0.4, 0.5) is 0 Å². The lowest BCUT2D eigenvalue weighted by Crippen LogP contribution is -2.31. The summed E-state index contributed by atoms with van der Waals surface area (Å²) in [6, 6.07) is 0. The fourth-order valence-electron chi connectivity index (χ4n) is 1.03. The second-order valence-electron chi connectivity index (χ2n) is 3.36. The number of hydrogen-bond donors (Lipinski definition) is 1. The van der Waals surface area contributed by atoms with Crippen molar-refractivity contribution in [3.8, 4) is 0 Å². The van der Waals surface area contributed by atoms with E-state index in [2.05, 4.69) is 0 Å². The molecule has 1 atom stereocenters. The molecule has 0 aliphatic heterocycles. The fourth-order valence-corrected chi connectivity index (χ4v) is 1.03. The van der Waals surface area contributed by atoms with Crippen LogP contribution in [0.15, 0.2) is 12.2 Å². The molecular formula is C9H14O2. The number of carbonyl (C=O) groups excluding carboxylic acids is 1. The van der Waals surface area contributed by atoms with Gasteiger partial charge in [0, 0.05) is 15.0 Å². The predicted molar refractivity (Wildman–Crippen MR) is 43.2 cm³/mol. The van der Waals surface area contributed by atoms with Gasteiger partial charge in [-0.05, 0) is 26.3 Å². The third kappa shape index (κ3) is 2.15. The van der Waals surface area contributed by atoms with Crippen LogP contribution in [-0.4, -0.2) is 16.5 Å². The summed E-state index contributed by atoms with van der Waals surface area (Å²) in [6.45, 7) is 3.24. The number of rotatable bonds is 1. The standard InChI is InChI=1S/C9H14O2/c1-9(2,11)7-3-5-8(10)6-4-7/h3,5,7,11H,4,6H2,1-2H3/t7-/m0/s1/i6D2. The van der Waals surface area contributed by atoms with Crippen molar-refractivity contribution in [3.05, 3.63) is 12.2 Å². The third-order valence-corrected chi connectivity index (χ3v) is 1.88. The number of carbonyl (C=O) groups is 1. The Morgan fingerprint density at radius 3 is 2.91 bits per heavy atom. The third-order valence-electron chi connectivity index (χ3n) is 1.88. The van der Waals surface area contributed by atoms with Crippen LogP contribution in [-0.2, 0) is 4.79 Å². The summed E-state index contributed by atoms with van der Waals surface area (Å²) < 4.78 is 14.8. The molecule has 0 unspecified atom stereocenters. The second-order valence-corrected chi connectivity index (χ2v) is 3.36. The Hall–Kier alpha value is -0.630. The fraction of sp³-hybridized carbons (Fsp3) is 0.667. The van der Waals surface area contributed by atoms with E-state index < -0.39 is 17.8 Å². The van der Waals surface area contributed by atoms with Gasteiger partial charge in [0.15, 0.2) is 5.78 Å². The number of ketones is 1. The van der Waals surface area contributed by atoms with E-state index in [4.69, 9.17) is 2.74 Å². The summed E-state index contributed by atoms with van der Waals surface area (Å²) in [5, 5.41) is 9.63. The number of allylic oxidation sites excluding steroid dienone is 1. The zero-order valence-electron chi connectivity index (χ0n) is 8.79. The maximum atomic E-state index is 11.0. The van der Waals surface area contributed by atoms with Crippen molar-refractivity contribution in [2.75, 3.05) is 0 Å². The van der Waals surface area contributed by atoms with Gasteiger partial charge in [0.05, 0.1) is 5.60 Å². The topological polar surface area (TPSA) is 37.3 Å². The van der Waals surface area contributed by atoms with E-state index in [0.717, 1.165) is 0 Å². The SMILES string of the molecule is [2H]C1([2H])C[C@@H](C(C)(C)O)C=CC1=O. The minimum absolute atomic E-state index is 0.0613. The molecule has 1 N–H and O–H groups in total. The Bertz CT molecular complexity index is 251. The zero-order valence-corrected chi connectivity index (χ0v) is 6.79. The Balaban J connectivity index is 2.88. The molecule has 11 heavy (non-hydrogen) atoms. The molecule has 1 rings (SSSR count). The lowest BCUT2D eigenvalue weighted by Gasteiger charge is -2.28. The predicted octanol–water partition coefficient (Wildman–Crippen LogP) is 1.29. The van der Waals surface area contributed by atoms with Gasteiger partial charge in [0.2, 0.25) is 0 Å². The van der Waals surface area contributed by atoms with E-state index in [9.17, 15) is 9.90 Å². The minimum Gasteiger partial charge on any atom is -0.390 e. The summed E-state index contributed by atoms with van der Waals surface area (Å²) >= 11 is 0. The lowest BCUT2D eigenvalue weighted by atomic mass is 9.83. The highest BCUT2D eigenvalue weighted by Crippen LogP contribution is 2.25. The molecule has 0 fully saturated rings. The number of aliphatic hydroxyl groups is 1. The molecule has 0 radical (unpaired) electrons. The largest absolute Gasteiger partial charge is 0.390 e. The van der Waals surface area contributed by atoms with Crippen molar-refractivity contribution in [1.29, 1.82) is 0 Å². The van der Waals surface area contributed by atoms with Crippen LogP contribution in [0.2, 0.25) is 0 Å². The van der Waals surface area contributed by atoms with Crippen molar-refractivity contribution >= 4 is 5.78 Å². The highest BCUT2D eigenvalue weighted by Gasteiger charge is 2.26. The van der Waals surface area contributed by atoms with E-state index in [1.165, 1.54) is 6.08 Å². The maximum absolute atomic E-state index is 11.0. The van der Waals surface area contributed by atoms with E-state index in [0.29, 0.717) is 0 Å². The van der Waals surface area contributed by atoms with Crippen LogP contribution >= 0.6 is 0 Å². The summed E-state index contributed by atoms with van der Waals surface area (Å²) in [6.07, 6.45) is 1.06. The van der Waals surface area contributed by atoms with Crippen molar-refractivity contribution in [2.45, 2.75) is 32.2 Å². The normalized spacial score (nSPS) is 33.0. The van der Waals surface area contributed by atoms with Gasteiger partial charge in [0.1, 0.15) is 0 Å². The highest BCUT2D eigenvalue weighted by molar-refractivity contribution is 5.90. The first kappa shape index (κ1) is 5.95. The van der Waals surface area contributed by atoms with E-state index in [1.807, 2.05) is 0 Å². The molecule has 0 saturated heterocycles. The van der Waals surface area contributed by atoms with Gasteiger partial charge >= 0.3 is 0 Å². The van der Waals surface area contributed by atoms with Crippen LogP contribution in [0, 0.1) is 5.92 Å². The van der Waals surface area contributed by atoms with E-state index >= 15 is 0 Å². The monoisotopic (exact) mass is 156 g/mol. The van der Waals surface area contributed by atoms with Gasteiger partial charge in [-0.25, -0.2) is 0 Å².